The minimum Gasteiger partial charge on any atom is -0.324 e. The summed E-state index contributed by atoms with van der Waals surface area (Å²) in [6.07, 6.45) is 5.37. The predicted octanol–water partition coefficient (Wildman–Crippen LogP) is 1.67. The van der Waals surface area contributed by atoms with Gasteiger partial charge in [-0.25, -0.2) is 0 Å². The van der Waals surface area contributed by atoms with Gasteiger partial charge in [-0.3, -0.25) is 9.78 Å². The number of likely N-dealkylation sites (tertiary alicyclic amines) is 1. The van der Waals surface area contributed by atoms with Crippen molar-refractivity contribution in [1.29, 1.82) is 0 Å². The van der Waals surface area contributed by atoms with Gasteiger partial charge in [0.15, 0.2) is 0 Å². The van der Waals surface area contributed by atoms with E-state index < -0.39 is 0 Å². The van der Waals surface area contributed by atoms with Crippen molar-refractivity contribution in [1.82, 2.24) is 9.88 Å². The van der Waals surface area contributed by atoms with Gasteiger partial charge in [0.1, 0.15) is 0 Å². The van der Waals surface area contributed by atoms with Crippen LogP contribution in [0.15, 0.2) is 18.5 Å². The van der Waals surface area contributed by atoms with E-state index in [9.17, 15) is 4.79 Å². The number of rotatable bonds is 2. The molecule has 1 aliphatic heterocycles. The lowest BCUT2D eigenvalue weighted by Crippen LogP contribution is -2.35. The Kier molecular flexibility index (Phi) is 3.74. The molecule has 0 unspecified atom stereocenters. The van der Waals surface area contributed by atoms with E-state index in [4.69, 9.17) is 0 Å². The lowest BCUT2D eigenvalue weighted by molar-refractivity contribution is -0.121. The Morgan fingerprint density at radius 2 is 2.12 bits per heavy atom. The van der Waals surface area contributed by atoms with Crippen LogP contribution in [-0.2, 0) is 4.79 Å². The molecule has 1 aromatic heterocycles. The molecule has 2 rings (SSSR count). The first-order chi connectivity index (χ1) is 8.15. The lowest BCUT2D eigenvalue weighted by atomic mass is 9.96. The zero-order valence-corrected chi connectivity index (χ0v) is 10.4. The number of carbonyl (C=O) groups excluding carboxylic acids is 1. The van der Waals surface area contributed by atoms with E-state index >= 15 is 0 Å². The second-order valence-electron chi connectivity index (χ2n) is 4.82. The molecular formula is C13H19N3O. The number of pyridine rings is 1. The normalized spacial score (nSPS) is 18.0. The Hall–Kier alpha value is -1.42. The van der Waals surface area contributed by atoms with E-state index in [0.717, 1.165) is 37.2 Å². The van der Waals surface area contributed by atoms with Crippen molar-refractivity contribution in [3.8, 4) is 0 Å². The summed E-state index contributed by atoms with van der Waals surface area (Å²) in [5.41, 5.74) is 1.86. The summed E-state index contributed by atoms with van der Waals surface area (Å²) in [7, 11) is 2.10. The van der Waals surface area contributed by atoms with Crippen molar-refractivity contribution in [3.63, 3.8) is 0 Å². The number of piperidine rings is 1. The monoisotopic (exact) mass is 233 g/mol. The Morgan fingerprint density at radius 1 is 1.41 bits per heavy atom. The molecule has 17 heavy (non-hydrogen) atoms. The van der Waals surface area contributed by atoms with E-state index in [1.54, 1.807) is 12.4 Å². The van der Waals surface area contributed by atoms with E-state index in [2.05, 4.69) is 22.2 Å². The zero-order valence-electron chi connectivity index (χ0n) is 10.4. The number of aryl methyl sites for hydroxylation is 1. The van der Waals surface area contributed by atoms with Crippen LogP contribution in [0.25, 0.3) is 0 Å². The summed E-state index contributed by atoms with van der Waals surface area (Å²) >= 11 is 0. The number of nitrogens with one attached hydrogen (secondary N) is 1. The van der Waals surface area contributed by atoms with Gasteiger partial charge in [0.25, 0.3) is 0 Å². The van der Waals surface area contributed by atoms with Crippen LogP contribution in [0.3, 0.4) is 0 Å². The third kappa shape index (κ3) is 3.27. The minimum atomic E-state index is 0.130. The first kappa shape index (κ1) is 12.0. The Morgan fingerprint density at radius 3 is 2.76 bits per heavy atom. The van der Waals surface area contributed by atoms with Gasteiger partial charge in [0, 0.05) is 12.1 Å². The van der Waals surface area contributed by atoms with E-state index in [0.29, 0.717) is 0 Å². The van der Waals surface area contributed by atoms with Crippen molar-refractivity contribution in [2.45, 2.75) is 19.8 Å². The highest BCUT2D eigenvalue weighted by Crippen LogP contribution is 2.18. The average Bonchev–Trinajstić information content (AvgIpc) is 2.29. The molecular weight excluding hydrogens is 214 g/mol. The second kappa shape index (κ2) is 5.27. The fraction of sp³-hybridized carbons (Fsp3) is 0.538. The topological polar surface area (TPSA) is 45.2 Å². The Bertz CT molecular complexity index is 397. The Labute approximate surface area is 102 Å². The molecule has 0 aliphatic carbocycles. The smallest absolute Gasteiger partial charge is 0.227 e. The van der Waals surface area contributed by atoms with Crippen molar-refractivity contribution in [2.75, 3.05) is 25.5 Å². The van der Waals surface area contributed by atoms with Crippen LogP contribution >= 0.6 is 0 Å². The van der Waals surface area contributed by atoms with Crippen LogP contribution in [0.1, 0.15) is 18.4 Å². The summed E-state index contributed by atoms with van der Waals surface area (Å²) in [5, 5.41) is 2.95. The number of aromatic nitrogens is 1. The maximum atomic E-state index is 12.0. The third-order valence-corrected chi connectivity index (χ3v) is 3.23. The van der Waals surface area contributed by atoms with Crippen LogP contribution in [0, 0.1) is 12.8 Å². The van der Waals surface area contributed by atoms with Gasteiger partial charge in [0.05, 0.1) is 11.9 Å². The quantitative estimate of drug-likeness (QED) is 0.845. The standard InChI is InChI=1S/C13H19N3O/c1-10-7-12(9-14-8-10)15-13(17)11-3-5-16(2)6-4-11/h7-9,11H,3-6H2,1-2H3,(H,15,17). The fourth-order valence-electron chi connectivity index (χ4n) is 2.14. The number of hydrogen-bond donors (Lipinski definition) is 1. The van der Waals surface area contributed by atoms with Crippen molar-refractivity contribution in [2.24, 2.45) is 5.92 Å². The summed E-state index contributed by atoms with van der Waals surface area (Å²) in [5.74, 6) is 0.275. The van der Waals surface area contributed by atoms with Crippen LogP contribution < -0.4 is 5.32 Å². The number of hydrogen-bond acceptors (Lipinski definition) is 3. The maximum Gasteiger partial charge on any atom is 0.227 e. The molecule has 0 atom stereocenters. The van der Waals surface area contributed by atoms with Gasteiger partial charge in [-0.2, -0.15) is 0 Å². The van der Waals surface area contributed by atoms with E-state index in [1.165, 1.54) is 0 Å². The second-order valence-corrected chi connectivity index (χ2v) is 4.82. The summed E-state index contributed by atoms with van der Waals surface area (Å²) in [6, 6.07) is 1.94. The number of anilines is 1. The highest BCUT2D eigenvalue weighted by atomic mass is 16.1. The zero-order chi connectivity index (χ0) is 12.3. The third-order valence-electron chi connectivity index (χ3n) is 3.23. The summed E-state index contributed by atoms with van der Waals surface area (Å²) in [4.78, 5) is 18.4. The average molecular weight is 233 g/mol. The van der Waals surface area contributed by atoms with Crippen LogP contribution in [0.5, 0.6) is 0 Å². The lowest BCUT2D eigenvalue weighted by Gasteiger charge is -2.28. The first-order valence-corrected chi connectivity index (χ1v) is 6.06. The predicted molar refractivity (Wildman–Crippen MR) is 67.8 cm³/mol. The molecule has 4 heteroatoms. The SMILES string of the molecule is Cc1cncc(NC(=O)C2CCN(C)CC2)c1. The molecule has 0 spiro atoms. The molecule has 4 nitrogen and oxygen atoms in total. The molecule has 1 N–H and O–H groups in total. The molecule has 1 aliphatic rings. The number of amides is 1. The van der Waals surface area contributed by atoms with Gasteiger partial charge < -0.3 is 10.2 Å². The molecule has 1 saturated heterocycles. The molecule has 92 valence electrons. The fourth-order valence-corrected chi connectivity index (χ4v) is 2.14. The van der Waals surface area contributed by atoms with E-state index in [-0.39, 0.29) is 11.8 Å². The highest BCUT2D eigenvalue weighted by molar-refractivity contribution is 5.92. The van der Waals surface area contributed by atoms with Gasteiger partial charge >= 0.3 is 0 Å². The van der Waals surface area contributed by atoms with E-state index in [1.807, 2.05) is 13.0 Å². The number of carbonyl (C=O) groups is 1. The molecule has 0 saturated carbocycles. The highest BCUT2D eigenvalue weighted by Gasteiger charge is 2.23. The van der Waals surface area contributed by atoms with Gasteiger partial charge in [-0.15, -0.1) is 0 Å². The molecule has 0 aromatic carbocycles. The first-order valence-electron chi connectivity index (χ1n) is 6.06. The molecule has 1 amide bonds. The van der Waals surface area contributed by atoms with Crippen molar-refractivity contribution in [3.05, 3.63) is 24.0 Å². The summed E-state index contributed by atoms with van der Waals surface area (Å²) in [6.45, 7) is 3.98. The Balaban J connectivity index is 1.93. The van der Waals surface area contributed by atoms with Crippen molar-refractivity contribution >= 4 is 11.6 Å². The largest absolute Gasteiger partial charge is 0.324 e. The van der Waals surface area contributed by atoms with Crippen molar-refractivity contribution < 1.29 is 4.79 Å². The van der Waals surface area contributed by atoms with Crippen LogP contribution in [0.4, 0.5) is 5.69 Å². The molecule has 2 heterocycles. The molecule has 1 aromatic rings. The molecule has 1 fully saturated rings. The van der Waals surface area contributed by atoms with Gasteiger partial charge in [-0.05, 0) is 51.5 Å². The van der Waals surface area contributed by atoms with Gasteiger partial charge in [-0.1, -0.05) is 0 Å². The molecule has 0 bridgehead atoms. The molecule has 0 radical (unpaired) electrons. The van der Waals surface area contributed by atoms with Crippen LogP contribution in [-0.4, -0.2) is 35.9 Å². The maximum absolute atomic E-state index is 12.0. The van der Waals surface area contributed by atoms with Gasteiger partial charge in [0.2, 0.25) is 5.91 Å². The summed E-state index contributed by atoms with van der Waals surface area (Å²) < 4.78 is 0. The van der Waals surface area contributed by atoms with Crippen LogP contribution in [0.2, 0.25) is 0 Å². The number of nitrogens with zero attached hydrogens (tertiary/aromatic N) is 2. The minimum absolute atomic E-state index is 0.130.